The molecule has 1 radical (unpaired) electrons. The highest BCUT2D eigenvalue weighted by Crippen LogP contribution is 2.50. The topological polar surface area (TPSA) is 44.8 Å². The molecule has 0 aliphatic carbocycles. The number of phosphoric ester groups is 1. The molecule has 0 bridgehead atoms. The maximum Gasteiger partial charge on any atom is 0.474 e. The van der Waals surface area contributed by atoms with Crippen LogP contribution in [0.25, 0.3) is 0 Å². The van der Waals surface area contributed by atoms with Gasteiger partial charge in [0.15, 0.2) is 0 Å². The van der Waals surface area contributed by atoms with Gasteiger partial charge in [0.25, 0.3) is 0 Å². The fraction of sp³-hybridized carbons (Fsp3) is 0.889. The summed E-state index contributed by atoms with van der Waals surface area (Å²) >= 11 is 22.3. The summed E-state index contributed by atoms with van der Waals surface area (Å²) in [6.07, 6.45) is 0. The third-order valence-corrected chi connectivity index (χ3v) is 4.63. The summed E-state index contributed by atoms with van der Waals surface area (Å²) in [4.78, 5) is 0. The fourth-order valence-electron chi connectivity index (χ4n) is 0.733. The lowest BCUT2D eigenvalue weighted by Gasteiger charge is -2.26. The lowest BCUT2D eigenvalue weighted by molar-refractivity contribution is 0.100. The van der Waals surface area contributed by atoms with Crippen LogP contribution in [0.2, 0.25) is 0 Å². The highest BCUT2D eigenvalue weighted by atomic mass is 35.5. The van der Waals surface area contributed by atoms with Crippen molar-refractivity contribution in [3.05, 3.63) is 6.92 Å². The van der Waals surface area contributed by atoms with Gasteiger partial charge in [-0.3, -0.25) is 13.6 Å². The van der Waals surface area contributed by atoms with E-state index in [1.165, 1.54) is 0 Å². The van der Waals surface area contributed by atoms with E-state index in [0.29, 0.717) is 0 Å². The Balaban J connectivity index is 4.44. The normalized spacial score (nSPS) is 12.9. The molecule has 0 saturated heterocycles. The summed E-state index contributed by atoms with van der Waals surface area (Å²) < 4.78 is 27.2. The maximum absolute atomic E-state index is 12.1. The van der Waals surface area contributed by atoms with Gasteiger partial charge in [0.1, 0.15) is 0 Å². The lowest BCUT2D eigenvalue weighted by atomic mass is 9.98. The predicted octanol–water partition coefficient (Wildman–Crippen LogP) is 3.92. The molecule has 0 aliphatic heterocycles. The molecule has 0 heterocycles. The van der Waals surface area contributed by atoms with Crippen molar-refractivity contribution in [1.29, 1.82) is 0 Å². The lowest BCUT2D eigenvalue weighted by Crippen LogP contribution is -2.27. The van der Waals surface area contributed by atoms with Crippen LogP contribution in [0.15, 0.2) is 0 Å². The van der Waals surface area contributed by atoms with Crippen LogP contribution in [0.5, 0.6) is 0 Å². The molecule has 0 aromatic rings. The molecule has 0 aromatic heterocycles. The van der Waals surface area contributed by atoms with Crippen molar-refractivity contribution in [1.82, 2.24) is 0 Å². The highest BCUT2D eigenvalue weighted by Gasteiger charge is 2.32. The van der Waals surface area contributed by atoms with Crippen LogP contribution in [0.3, 0.4) is 0 Å². The highest BCUT2D eigenvalue weighted by molar-refractivity contribution is 7.48. The molecule has 0 unspecified atom stereocenters. The van der Waals surface area contributed by atoms with Crippen molar-refractivity contribution in [2.75, 3.05) is 43.3 Å². The molecule has 0 atom stereocenters. The van der Waals surface area contributed by atoms with Crippen molar-refractivity contribution < 1.29 is 18.1 Å². The van der Waals surface area contributed by atoms with Crippen molar-refractivity contribution in [2.45, 2.75) is 0 Å². The average Bonchev–Trinajstić information content (AvgIpc) is 2.40. The maximum atomic E-state index is 12.1. The number of alkyl halides is 4. The second-order valence-corrected chi connectivity index (χ2v) is 6.49. The monoisotopic (exact) mass is 359 g/mol. The molecule has 0 rings (SSSR count). The summed E-state index contributed by atoms with van der Waals surface area (Å²) in [6, 6.07) is 0. The number of rotatable bonds is 11. The predicted molar refractivity (Wildman–Crippen MR) is 76.1 cm³/mol. The van der Waals surface area contributed by atoms with Crippen LogP contribution in [0, 0.1) is 12.3 Å². The Morgan fingerprint density at radius 2 is 1.39 bits per heavy atom. The second-order valence-electron chi connectivity index (χ2n) is 3.53. The Labute approximate surface area is 128 Å². The minimum Gasteiger partial charge on any atom is -0.286 e. The Bertz CT molecular complexity index is 251. The van der Waals surface area contributed by atoms with E-state index >= 15 is 0 Å². The fourth-order valence-corrected chi connectivity index (χ4v) is 2.83. The quantitative estimate of drug-likeness (QED) is 0.413. The molecule has 18 heavy (non-hydrogen) atoms. The van der Waals surface area contributed by atoms with Crippen LogP contribution >= 0.6 is 54.2 Å². The first kappa shape index (κ1) is 19.3. The van der Waals surface area contributed by atoms with Gasteiger partial charge < -0.3 is 0 Å². The summed E-state index contributed by atoms with van der Waals surface area (Å²) in [7, 11) is -3.70. The van der Waals surface area contributed by atoms with Crippen LogP contribution in [-0.4, -0.2) is 43.3 Å². The SMILES string of the molecule is [CH2]C(CCl)(CCl)COP(=O)(OCCCl)OCCCl. The van der Waals surface area contributed by atoms with Crippen molar-refractivity contribution in [2.24, 2.45) is 5.41 Å². The molecular formula is C9H16Cl4O4P. The first-order valence-electron chi connectivity index (χ1n) is 5.08. The van der Waals surface area contributed by atoms with Crippen LogP contribution in [0.1, 0.15) is 0 Å². The number of hydrogen-bond acceptors (Lipinski definition) is 4. The van der Waals surface area contributed by atoms with E-state index < -0.39 is 13.2 Å². The minimum atomic E-state index is -3.70. The van der Waals surface area contributed by atoms with Gasteiger partial charge in [-0.25, -0.2) is 4.57 Å². The van der Waals surface area contributed by atoms with Crippen molar-refractivity contribution in [3.63, 3.8) is 0 Å². The molecule has 0 amide bonds. The number of halogens is 4. The molecule has 0 aromatic carbocycles. The van der Waals surface area contributed by atoms with Gasteiger partial charge in [0.05, 0.1) is 19.8 Å². The van der Waals surface area contributed by atoms with Gasteiger partial charge in [-0.05, 0) is 6.92 Å². The van der Waals surface area contributed by atoms with Gasteiger partial charge in [0.2, 0.25) is 0 Å². The van der Waals surface area contributed by atoms with E-state index in [-0.39, 0.29) is 43.3 Å². The molecule has 0 spiro atoms. The third kappa shape index (κ3) is 7.76. The number of hydrogen-bond donors (Lipinski definition) is 0. The molecule has 0 saturated carbocycles. The van der Waals surface area contributed by atoms with Gasteiger partial charge in [-0.1, -0.05) is 0 Å². The molecule has 9 heteroatoms. The summed E-state index contributed by atoms with van der Waals surface area (Å²) in [6.45, 7) is 3.81. The standard InChI is InChI=1S/C9H16Cl4O4P/c1-9(6-12,7-13)8-17-18(14,15-4-2-10)16-5-3-11/h1-8H2. The molecule has 0 aliphatic rings. The Morgan fingerprint density at radius 3 is 1.72 bits per heavy atom. The summed E-state index contributed by atoms with van der Waals surface area (Å²) in [5.74, 6) is 0.638. The van der Waals surface area contributed by atoms with Crippen molar-refractivity contribution >= 4 is 54.2 Å². The van der Waals surface area contributed by atoms with E-state index in [2.05, 4.69) is 6.92 Å². The van der Waals surface area contributed by atoms with E-state index in [1.54, 1.807) is 0 Å². The molecular weight excluding hydrogens is 345 g/mol. The first-order valence-corrected chi connectivity index (χ1v) is 8.68. The average molecular weight is 361 g/mol. The van der Waals surface area contributed by atoms with Crippen LogP contribution in [-0.2, 0) is 18.1 Å². The smallest absolute Gasteiger partial charge is 0.286 e. The summed E-state index contributed by atoms with van der Waals surface area (Å²) in [5, 5.41) is 0. The van der Waals surface area contributed by atoms with E-state index in [4.69, 9.17) is 60.0 Å². The third-order valence-electron chi connectivity index (χ3n) is 1.75. The Kier molecular flexibility index (Phi) is 10.8. The first-order chi connectivity index (χ1) is 8.45. The zero-order chi connectivity index (χ0) is 14.1. The zero-order valence-corrected chi connectivity index (χ0v) is 13.7. The van der Waals surface area contributed by atoms with E-state index in [1.807, 2.05) is 0 Å². The van der Waals surface area contributed by atoms with Crippen LogP contribution < -0.4 is 0 Å². The van der Waals surface area contributed by atoms with E-state index in [9.17, 15) is 4.57 Å². The molecule has 4 nitrogen and oxygen atoms in total. The summed E-state index contributed by atoms with van der Waals surface area (Å²) in [5.41, 5.74) is -0.757. The van der Waals surface area contributed by atoms with Crippen LogP contribution in [0.4, 0.5) is 0 Å². The number of phosphoric acid groups is 1. The van der Waals surface area contributed by atoms with Gasteiger partial charge in [-0.15, -0.1) is 46.4 Å². The van der Waals surface area contributed by atoms with Gasteiger partial charge in [-0.2, -0.15) is 0 Å². The zero-order valence-electron chi connectivity index (χ0n) is 9.75. The molecule has 109 valence electrons. The van der Waals surface area contributed by atoms with E-state index in [0.717, 1.165) is 0 Å². The van der Waals surface area contributed by atoms with Gasteiger partial charge in [0, 0.05) is 28.9 Å². The molecule has 0 fully saturated rings. The molecule has 0 N–H and O–H groups in total. The Hall–Kier alpha value is 1.27. The minimum absolute atomic E-state index is 0.0347. The second kappa shape index (κ2) is 10.1. The largest absolute Gasteiger partial charge is 0.474 e. The van der Waals surface area contributed by atoms with Gasteiger partial charge >= 0.3 is 7.82 Å². The Morgan fingerprint density at radius 1 is 0.944 bits per heavy atom. The van der Waals surface area contributed by atoms with Crippen molar-refractivity contribution in [3.8, 4) is 0 Å².